The second-order valence-corrected chi connectivity index (χ2v) is 8.28. The zero-order valence-corrected chi connectivity index (χ0v) is 19.0. The maximum absolute atomic E-state index is 12.4. The van der Waals surface area contributed by atoms with Crippen molar-refractivity contribution in [2.75, 3.05) is 5.32 Å². The van der Waals surface area contributed by atoms with E-state index in [9.17, 15) is 4.79 Å². The van der Waals surface area contributed by atoms with Crippen molar-refractivity contribution in [3.63, 3.8) is 0 Å². The van der Waals surface area contributed by atoms with Gasteiger partial charge in [0.2, 0.25) is 5.89 Å². The molecular weight excluding hydrogens is 453 g/mol. The zero-order chi connectivity index (χ0) is 22.1. The molecule has 4 aromatic rings. The largest absolute Gasteiger partial charge is 0.436 e. The van der Waals surface area contributed by atoms with Crippen LogP contribution in [0.5, 0.6) is 0 Å². The van der Waals surface area contributed by atoms with E-state index in [0.717, 1.165) is 33.5 Å². The Kier molecular flexibility index (Phi) is 5.96. The van der Waals surface area contributed by atoms with E-state index < -0.39 is 0 Å². The first-order chi connectivity index (χ1) is 14.8. The molecule has 8 heteroatoms. The molecule has 1 heterocycles. The molecule has 0 aliphatic rings. The average molecular weight is 470 g/mol. The normalized spacial score (nSPS) is 10.8. The summed E-state index contributed by atoms with van der Waals surface area (Å²) in [5, 5.41) is 6.54. The van der Waals surface area contributed by atoms with Crippen molar-refractivity contribution in [1.82, 2.24) is 10.3 Å². The Balaban J connectivity index is 1.53. The first-order valence-electron chi connectivity index (χ1n) is 9.36. The highest BCUT2D eigenvalue weighted by Crippen LogP contribution is 2.28. The van der Waals surface area contributed by atoms with Crippen LogP contribution in [-0.4, -0.2) is 16.0 Å². The Bertz CT molecular complexity index is 1330. The quantitative estimate of drug-likeness (QED) is 0.333. The van der Waals surface area contributed by atoms with Gasteiger partial charge in [-0.05, 0) is 79.7 Å². The molecule has 0 radical (unpaired) electrons. The average Bonchev–Trinajstić information content (AvgIpc) is 3.14. The number of nitrogens with one attached hydrogen (secondary N) is 2. The fraction of sp³-hybridized carbons (Fsp3) is 0.0870. The number of carbonyl (C=O) groups excluding carboxylic acids is 1. The van der Waals surface area contributed by atoms with E-state index in [4.69, 9.17) is 39.8 Å². The highest BCUT2D eigenvalue weighted by atomic mass is 35.5. The van der Waals surface area contributed by atoms with Crippen molar-refractivity contribution in [3.8, 4) is 11.5 Å². The van der Waals surface area contributed by atoms with Crippen molar-refractivity contribution in [1.29, 1.82) is 0 Å². The number of halogens is 2. The lowest BCUT2D eigenvalue weighted by atomic mass is 10.1. The summed E-state index contributed by atoms with van der Waals surface area (Å²) in [5.41, 5.74) is 5.45. The van der Waals surface area contributed by atoms with E-state index in [2.05, 4.69) is 15.6 Å². The van der Waals surface area contributed by atoms with Gasteiger partial charge in [-0.1, -0.05) is 35.3 Å². The number of amides is 1. The Labute approximate surface area is 194 Å². The molecule has 0 atom stereocenters. The number of fused-ring (bicyclic) bond motifs is 1. The number of rotatable bonds is 3. The highest BCUT2D eigenvalue weighted by Gasteiger charge is 2.13. The van der Waals surface area contributed by atoms with E-state index in [0.29, 0.717) is 21.5 Å². The third-order valence-electron chi connectivity index (χ3n) is 4.69. The first-order valence-corrected chi connectivity index (χ1v) is 10.5. The summed E-state index contributed by atoms with van der Waals surface area (Å²) in [5.74, 6) is 0.119. The number of carbonyl (C=O) groups is 1. The summed E-state index contributed by atoms with van der Waals surface area (Å²) in [6.45, 7) is 3.94. The van der Waals surface area contributed by atoms with Gasteiger partial charge in [0, 0.05) is 16.8 Å². The predicted molar refractivity (Wildman–Crippen MR) is 129 cm³/mol. The summed E-state index contributed by atoms with van der Waals surface area (Å²) in [6, 6.07) is 16.2. The molecule has 2 N–H and O–H groups in total. The maximum Gasteiger partial charge on any atom is 0.257 e. The molecule has 5 nitrogen and oxygen atoms in total. The standard InChI is InChI=1S/C23H17Cl2N3O2S/c1-12-3-8-18-20(9-12)30-22(26-18)15-5-4-13(2)19(11-15)27-23(31)28-21(29)14-6-7-16(24)17(25)10-14/h3-11H,1-2H3,(H2,27,28,29,31). The molecule has 0 saturated carbocycles. The molecule has 0 saturated heterocycles. The monoisotopic (exact) mass is 469 g/mol. The van der Waals surface area contributed by atoms with Gasteiger partial charge in [-0.15, -0.1) is 0 Å². The van der Waals surface area contributed by atoms with Crippen LogP contribution < -0.4 is 10.6 Å². The van der Waals surface area contributed by atoms with Crippen molar-refractivity contribution in [2.45, 2.75) is 13.8 Å². The Hall–Kier alpha value is -2.93. The fourth-order valence-electron chi connectivity index (χ4n) is 3.01. The molecule has 31 heavy (non-hydrogen) atoms. The fourth-order valence-corrected chi connectivity index (χ4v) is 3.51. The van der Waals surface area contributed by atoms with Crippen molar-refractivity contribution in [3.05, 3.63) is 81.3 Å². The Morgan fingerprint density at radius 1 is 1.00 bits per heavy atom. The van der Waals surface area contributed by atoms with Crippen LogP contribution in [0.3, 0.4) is 0 Å². The minimum absolute atomic E-state index is 0.157. The lowest BCUT2D eigenvalue weighted by molar-refractivity contribution is 0.0977. The number of anilines is 1. The number of aromatic nitrogens is 1. The molecule has 0 bridgehead atoms. The van der Waals surface area contributed by atoms with Gasteiger partial charge in [-0.25, -0.2) is 4.98 Å². The predicted octanol–water partition coefficient (Wildman–Crippen LogP) is 6.55. The molecular formula is C23H17Cl2N3O2S. The molecule has 156 valence electrons. The lowest BCUT2D eigenvalue weighted by Crippen LogP contribution is -2.34. The Morgan fingerprint density at radius 2 is 1.81 bits per heavy atom. The van der Waals surface area contributed by atoms with Gasteiger partial charge < -0.3 is 9.73 Å². The van der Waals surface area contributed by atoms with Crippen LogP contribution in [0.25, 0.3) is 22.6 Å². The van der Waals surface area contributed by atoms with E-state index in [1.807, 2.05) is 50.2 Å². The summed E-state index contributed by atoms with van der Waals surface area (Å²) in [6.07, 6.45) is 0. The van der Waals surface area contributed by atoms with Gasteiger partial charge in [0.25, 0.3) is 5.91 Å². The van der Waals surface area contributed by atoms with Gasteiger partial charge >= 0.3 is 0 Å². The van der Waals surface area contributed by atoms with Crippen molar-refractivity contribution < 1.29 is 9.21 Å². The molecule has 0 aliphatic heterocycles. The number of aryl methyl sites for hydroxylation is 2. The van der Waals surface area contributed by atoms with Crippen LogP contribution in [0.15, 0.2) is 59.0 Å². The number of benzene rings is 3. The van der Waals surface area contributed by atoms with E-state index >= 15 is 0 Å². The van der Waals surface area contributed by atoms with Gasteiger partial charge in [0.1, 0.15) is 5.52 Å². The summed E-state index contributed by atoms with van der Waals surface area (Å²) in [7, 11) is 0. The summed E-state index contributed by atoms with van der Waals surface area (Å²) in [4.78, 5) is 17.0. The third-order valence-corrected chi connectivity index (χ3v) is 5.63. The van der Waals surface area contributed by atoms with E-state index in [1.165, 1.54) is 6.07 Å². The summed E-state index contributed by atoms with van der Waals surface area (Å²) < 4.78 is 5.91. The molecule has 3 aromatic carbocycles. The number of nitrogens with zero attached hydrogens (tertiary/aromatic N) is 1. The van der Waals surface area contributed by atoms with Crippen LogP contribution in [0.4, 0.5) is 5.69 Å². The van der Waals surface area contributed by atoms with Crippen molar-refractivity contribution in [2.24, 2.45) is 0 Å². The van der Waals surface area contributed by atoms with Gasteiger partial charge in [-0.2, -0.15) is 0 Å². The van der Waals surface area contributed by atoms with Crippen LogP contribution in [-0.2, 0) is 0 Å². The maximum atomic E-state index is 12.4. The van der Waals surface area contributed by atoms with Gasteiger partial charge in [0.05, 0.1) is 10.0 Å². The molecule has 0 aliphatic carbocycles. The van der Waals surface area contributed by atoms with E-state index in [-0.39, 0.29) is 11.0 Å². The van der Waals surface area contributed by atoms with Gasteiger partial charge in [0.15, 0.2) is 10.7 Å². The number of hydrogen-bond donors (Lipinski definition) is 2. The molecule has 4 rings (SSSR count). The number of hydrogen-bond acceptors (Lipinski definition) is 4. The van der Waals surface area contributed by atoms with Crippen LogP contribution in [0, 0.1) is 13.8 Å². The SMILES string of the molecule is Cc1ccc2nc(-c3ccc(C)c(NC(=S)NC(=O)c4ccc(Cl)c(Cl)c4)c3)oc2c1. The highest BCUT2D eigenvalue weighted by molar-refractivity contribution is 7.80. The molecule has 1 amide bonds. The van der Waals surface area contributed by atoms with Crippen molar-refractivity contribution >= 4 is 63.2 Å². The smallest absolute Gasteiger partial charge is 0.257 e. The number of thiocarbonyl (C=S) groups is 1. The molecule has 1 aromatic heterocycles. The summed E-state index contributed by atoms with van der Waals surface area (Å²) >= 11 is 17.2. The number of oxazole rings is 1. The second-order valence-electron chi connectivity index (χ2n) is 7.06. The van der Waals surface area contributed by atoms with E-state index in [1.54, 1.807) is 12.1 Å². The molecule has 0 fully saturated rings. The minimum Gasteiger partial charge on any atom is -0.436 e. The topological polar surface area (TPSA) is 67.2 Å². The molecule has 0 unspecified atom stereocenters. The van der Waals surface area contributed by atoms with Crippen LogP contribution in [0.1, 0.15) is 21.5 Å². The lowest BCUT2D eigenvalue weighted by Gasteiger charge is -2.13. The Morgan fingerprint density at radius 3 is 2.58 bits per heavy atom. The first kappa shape index (κ1) is 21.3. The molecule has 0 spiro atoms. The zero-order valence-electron chi connectivity index (χ0n) is 16.6. The second kappa shape index (κ2) is 8.67. The minimum atomic E-state index is -0.390. The van der Waals surface area contributed by atoms with Crippen LogP contribution >= 0.6 is 35.4 Å². The van der Waals surface area contributed by atoms with Crippen LogP contribution in [0.2, 0.25) is 10.0 Å². The third kappa shape index (κ3) is 4.71. The van der Waals surface area contributed by atoms with Gasteiger partial charge in [-0.3, -0.25) is 10.1 Å².